The van der Waals surface area contributed by atoms with Crippen LogP contribution in [0.4, 0.5) is 8.78 Å². The first kappa shape index (κ1) is 14.0. The highest BCUT2D eigenvalue weighted by atomic mass is 79.9. The van der Waals surface area contributed by atoms with Crippen molar-refractivity contribution < 1.29 is 8.78 Å². The highest BCUT2D eigenvalue weighted by molar-refractivity contribution is 9.11. The van der Waals surface area contributed by atoms with Crippen LogP contribution in [0, 0.1) is 18.6 Å². The standard InChI is InChI=1S/C13H10BrClF2S/c1-7-4-12(18-13(7)14)9(15)5-8-2-3-10(16)11(17)6-8/h2-4,6,9H,5H2,1H3. The second kappa shape index (κ2) is 5.68. The summed E-state index contributed by atoms with van der Waals surface area (Å²) in [6.07, 6.45) is 0.477. The van der Waals surface area contributed by atoms with E-state index in [1.165, 1.54) is 6.07 Å². The van der Waals surface area contributed by atoms with Crippen LogP contribution in [0.15, 0.2) is 28.1 Å². The van der Waals surface area contributed by atoms with Crippen molar-refractivity contribution in [1.29, 1.82) is 0 Å². The van der Waals surface area contributed by atoms with Gasteiger partial charge in [0, 0.05) is 4.88 Å². The van der Waals surface area contributed by atoms with Gasteiger partial charge in [-0.25, -0.2) is 8.78 Å². The molecule has 1 heterocycles. The fourth-order valence-electron chi connectivity index (χ4n) is 1.61. The first-order chi connectivity index (χ1) is 8.47. The van der Waals surface area contributed by atoms with Gasteiger partial charge in [0.1, 0.15) is 0 Å². The third-order valence-electron chi connectivity index (χ3n) is 2.58. The lowest BCUT2D eigenvalue weighted by atomic mass is 10.1. The molecule has 0 bridgehead atoms. The van der Waals surface area contributed by atoms with E-state index in [2.05, 4.69) is 15.9 Å². The van der Waals surface area contributed by atoms with Gasteiger partial charge >= 0.3 is 0 Å². The average Bonchev–Trinajstić information content (AvgIpc) is 2.65. The van der Waals surface area contributed by atoms with Gasteiger partial charge in [-0.15, -0.1) is 22.9 Å². The third-order valence-corrected chi connectivity index (χ3v) is 5.35. The summed E-state index contributed by atoms with van der Waals surface area (Å²) in [4.78, 5) is 1.02. The Morgan fingerprint density at radius 3 is 2.56 bits per heavy atom. The van der Waals surface area contributed by atoms with Gasteiger partial charge in [0.15, 0.2) is 11.6 Å². The molecule has 1 unspecified atom stereocenters. The first-order valence-corrected chi connectivity index (χ1v) is 7.36. The molecular weight excluding hydrogens is 342 g/mol. The van der Waals surface area contributed by atoms with Crippen LogP contribution in [0.5, 0.6) is 0 Å². The zero-order valence-corrected chi connectivity index (χ0v) is 12.7. The highest BCUT2D eigenvalue weighted by Gasteiger charge is 2.14. The lowest BCUT2D eigenvalue weighted by Crippen LogP contribution is -1.95. The normalized spacial score (nSPS) is 12.7. The fraction of sp³-hybridized carbons (Fsp3) is 0.231. The molecule has 0 amide bonds. The molecule has 1 atom stereocenters. The summed E-state index contributed by atoms with van der Waals surface area (Å²) < 4.78 is 26.9. The van der Waals surface area contributed by atoms with E-state index >= 15 is 0 Å². The number of benzene rings is 1. The lowest BCUT2D eigenvalue weighted by molar-refractivity contribution is 0.507. The number of hydrogen-bond donors (Lipinski definition) is 0. The van der Waals surface area contributed by atoms with Crippen molar-refractivity contribution in [2.24, 2.45) is 0 Å². The summed E-state index contributed by atoms with van der Waals surface area (Å²) in [5.74, 6) is -1.67. The Kier molecular flexibility index (Phi) is 4.41. The second-order valence-electron chi connectivity index (χ2n) is 4.03. The molecule has 1 aromatic heterocycles. The topological polar surface area (TPSA) is 0 Å². The van der Waals surface area contributed by atoms with E-state index in [0.717, 1.165) is 20.3 Å². The Labute approximate surface area is 122 Å². The maximum Gasteiger partial charge on any atom is 0.159 e. The number of halogens is 4. The molecule has 5 heteroatoms. The van der Waals surface area contributed by atoms with Crippen molar-refractivity contribution in [1.82, 2.24) is 0 Å². The van der Waals surface area contributed by atoms with Crippen LogP contribution in [0.25, 0.3) is 0 Å². The van der Waals surface area contributed by atoms with Crippen LogP contribution >= 0.6 is 38.9 Å². The monoisotopic (exact) mass is 350 g/mol. The summed E-state index contributed by atoms with van der Waals surface area (Å²) in [5, 5.41) is -0.232. The Morgan fingerprint density at radius 1 is 1.28 bits per heavy atom. The predicted molar refractivity (Wildman–Crippen MR) is 75.4 cm³/mol. The molecule has 0 saturated carbocycles. The van der Waals surface area contributed by atoms with Gasteiger partial charge in [0.2, 0.25) is 0 Å². The van der Waals surface area contributed by atoms with Gasteiger partial charge < -0.3 is 0 Å². The summed E-state index contributed by atoms with van der Waals surface area (Å²) in [7, 11) is 0. The van der Waals surface area contributed by atoms with Gasteiger partial charge in [0.25, 0.3) is 0 Å². The molecule has 1 aromatic carbocycles. The molecule has 0 nitrogen and oxygen atoms in total. The number of thiophene rings is 1. The first-order valence-electron chi connectivity index (χ1n) is 5.31. The average molecular weight is 352 g/mol. The van der Waals surface area contributed by atoms with Crippen molar-refractivity contribution >= 4 is 38.9 Å². The van der Waals surface area contributed by atoms with E-state index in [0.29, 0.717) is 12.0 Å². The molecule has 0 radical (unpaired) electrons. The number of aryl methyl sites for hydroxylation is 1. The van der Waals surface area contributed by atoms with Crippen LogP contribution < -0.4 is 0 Å². The number of alkyl halides is 1. The molecule has 0 spiro atoms. The summed E-state index contributed by atoms with van der Waals surface area (Å²) >= 11 is 11.3. The molecular formula is C13H10BrClF2S. The van der Waals surface area contributed by atoms with Crippen LogP contribution in [0.2, 0.25) is 0 Å². The quantitative estimate of drug-likeness (QED) is 0.630. The summed E-state index contributed by atoms with van der Waals surface area (Å²) in [6, 6.07) is 5.89. The molecule has 0 N–H and O–H groups in total. The Bertz CT molecular complexity index is 549. The van der Waals surface area contributed by atoms with Crippen LogP contribution in [-0.2, 0) is 6.42 Å². The van der Waals surface area contributed by atoms with Crippen molar-refractivity contribution in [2.45, 2.75) is 18.7 Å². The molecule has 0 aliphatic heterocycles. The van der Waals surface area contributed by atoms with Crippen molar-refractivity contribution in [3.63, 3.8) is 0 Å². The van der Waals surface area contributed by atoms with Crippen molar-refractivity contribution in [3.8, 4) is 0 Å². The number of rotatable bonds is 3. The molecule has 2 aromatic rings. The molecule has 0 saturated heterocycles. The van der Waals surface area contributed by atoms with E-state index in [1.54, 1.807) is 17.4 Å². The SMILES string of the molecule is Cc1cc(C(Cl)Cc2ccc(F)c(F)c2)sc1Br. The molecule has 0 aliphatic carbocycles. The van der Waals surface area contributed by atoms with E-state index in [4.69, 9.17) is 11.6 Å². The summed E-state index contributed by atoms with van der Waals surface area (Å²) in [6.45, 7) is 1.99. The maximum absolute atomic E-state index is 13.1. The molecule has 2 rings (SSSR count). The van der Waals surface area contributed by atoms with Gasteiger partial charge in [-0.1, -0.05) is 6.07 Å². The van der Waals surface area contributed by atoms with Crippen LogP contribution in [0.1, 0.15) is 21.4 Å². The van der Waals surface area contributed by atoms with Gasteiger partial charge in [-0.3, -0.25) is 0 Å². The molecule has 18 heavy (non-hydrogen) atoms. The lowest BCUT2D eigenvalue weighted by Gasteiger charge is -2.07. The van der Waals surface area contributed by atoms with E-state index in [9.17, 15) is 8.78 Å². The molecule has 0 aliphatic rings. The zero-order chi connectivity index (χ0) is 13.3. The number of hydrogen-bond acceptors (Lipinski definition) is 1. The highest BCUT2D eigenvalue weighted by Crippen LogP contribution is 2.36. The minimum atomic E-state index is -0.834. The minimum Gasteiger partial charge on any atom is -0.204 e. The maximum atomic E-state index is 13.1. The van der Waals surface area contributed by atoms with Crippen molar-refractivity contribution in [2.75, 3.05) is 0 Å². The Hall–Kier alpha value is -0.450. The fourth-order valence-corrected chi connectivity index (χ4v) is 3.54. The predicted octanol–water partition coefficient (Wildman–Crippen LogP) is 5.62. The minimum absolute atomic E-state index is 0.232. The smallest absolute Gasteiger partial charge is 0.159 e. The van der Waals surface area contributed by atoms with Crippen molar-refractivity contribution in [3.05, 3.63) is 55.7 Å². The second-order valence-corrected chi connectivity index (χ2v) is 6.95. The van der Waals surface area contributed by atoms with E-state index in [-0.39, 0.29) is 5.38 Å². The van der Waals surface area contributed by atoms with Gasteiger partial charge in [0.05, 0.1) is 9.16 Å². The van der Waals surface area contributed by atoms with Crippen LogP contribution in [0.3, 0.4) is 0 Å². The zero-order valence-electron chi connectivity index (χ0n) is 9.51. The van der Waals surface area contributed by atoms with Crippen LogP contribution in [-0.4, -0.2) is 0 Å². The van der Waals surface area contributed by atoms with Gasteiger partial charge in [-0.05, 0) is 58.6 Å². The third kappa shape index (κ3) is 3.11. The van der Waals surface area contributed by atoms with Gasteiger partial charge in [-0.2, -0.15) is 0 Å². The van der Waals surface area contributed by atoms with E-state index < -0.39 is 11.6 Å². The summed E-state index contributed by atoms with van der Waals surface area (Å²) in [5.41, 5.74) is 1.82. The molecule has 96 valence electrons. The Balaban J connectivity index is 2.15. The Morgan fingerprint density at radius 2 is 2.00 bits per heavy atom. The largest absolute Gasteiger partial charge is 0.204 e. The molecule has 0 fully saturated rings. The van der Waals surface area contributed by atoms with E-state index in [1.807, 2.05) is 13.0 Å².